The van der Waals surface area contributed by atoms with Gasteiger partial charge in [-0.2, -0.15) is 0 Å². The van der Waals surface area contributed by atoms with E-state index in [4.69, 9.17) is 19.4 Å². The number of amides is 4. The summed E-state index contributed by atoms with van der Waals surface area (Å²) in [7, 11) is 2.60. The lowest BCUT2D eigenvalue weighted by Crippen LogP contribution is -2.60. The minimum absolute atomic E-state index is 0.107. The molecule has 0 radical (unpaired) electrons. The van der Waals surface area contributed by atoms with Gasteiger partial charge < -0.3 is 39.9 Å². The largest absolute Gasteiger partial charge is 0.453 e. The first-order chi connectivity index (χ1) is 30.3. The number of carbonyl (C=O) groups is 4. The van der Waals surface area contributed by atoms with Crippen molar-refractivity contribution in [2.24, 2.45) is 17.8 Å². The highest BCUT2D eigenvalue weighted by atomic mass is 32.1. The number of piperidine rings is 2. The highest BCUT2D eigenvalue weighted by Gasteiger charge is 2.56. The first-order valence-electron chi connectivity index (χ1n) is 21.8. The van der Waals surface area contributed by atoms with Crippen molar-refractivity contribution in [1.82, 2.24) is 40.4 Å². The van der Waals surface area contributed by atoms with Crippen LogP contribution in [0, 0.1) is 24.7 Å². The zero-order valence-corrected chi connectivity index (χ0v) is 37.6. The number of imidazole rings is 2. The highest BCUT2D eigenvalue weighted by Crippen LogP contribution is 2.53. The van der Waals surface area contributed by atoms with E-state index >= 15 is 0 Å². The third kappa shape index (κ3) is 7.11. The summed E-state index contributed by atoms with van der Waals surface area (Å²) < 4.78 is 10.8. The molecule has 2 saturated heterocycles. The van der Waals surface area contributed by atoms with Gasteiger partial charge in [-0.05, 0) is 96.1 Å². The van der Waals surface area contributed by atoms with Crippen LogP contribution in [0.3, 0.4) is 0 Å². The fourth-order valence-corrected chi connectivity index (χ4v) is 11.4. The number of H-pyrrole nitrogens is 2. The van der Waals surface area contributed by atoms with E-state index in [0.29, 0.717) is 31.3 Å². The lowest BCUT2D eigenvalue weighted by molar-refractivity contribution is -0.141. The van der Waals surface area contributed by atoms with Gasteiger partial charge in [0.2, 0.25) is 11.8 Å². The number of ether oxygens (including phenoxy) is 2. The second-order valence-corrected chi connectivity index (χ2v) is 19.1. The first-order valence-corrected chi connectivity index (χ1v) is 22.6. The molecule has 4 amide bonds. The average Bonchev–Trinajstić information content (AvgIpc) is 4.16. The zero-order valence-electron chi connectivity index (χ0n) is 36.8. The zero-order chi connectivity index (χ0) is 44.4. The average molecular weight is 871 g/mol. The highest BCUT2D eigenvalue weighted by molar-refractivity contribution is 7.18. The normalized spacial score (nSPS) is 22.2. The van der Waals surface area contributed by atoms with Crippen LogP contribution in [-0.2, 0) is 30.1 Å². The summed E-state index contributed by atoms with van der Waals surface area (Å²) in [6, 6.07) is 11.3. The van der Waals surface area contributed by atoms with E-state index in [1.54, 1.807) is 11.3 Å². The molecule has 3 fully saturated rings. The number of likely N-dealkylation sites (tertiary alicyclic amines) is 1. The van der Waals surface area contributed by atoms with Gasteiger partial charge in [0.25, 0.3) is 0 Å². The number of aromatic amines is 2. The molecule has 1 saturated carbocycles. The van der Waals surface area contributed by atoms with Gasteiger partial charge in [0.15, 0.2) is 0 Å². The van der Waals surface area contributed by atoms with E-state index in [1.807, 2.05) is 56.0 Å². The third-order valence-corrected chi connectivity index (χ3v) is 14.9. The molecule has 1 unspecified atom stereocenters. The number of aryl methyl sites for hydroxylation is 1. The van der Waals surface area contributed by atoms with Gasteiger partial charge in [-0.1, -0.05) is 64.1 Å². The third-order valence-electron chi connectivity index (χ3n) is 13.7. The SMILES string of the molecule is COC(=O)N[C@H](C(=O)N1CC2CC[C@@]1(c1ncc(-c3ccc(-c4ccc(-c5cnc([C@@]67C=C=C(CC6)CN7C(=O)[C@@H](NC(=O)OC)C(C)C)[nH]5)c5scc(C)c45)cc3)[nH]1)C2)C(C)C. The van der Waals surface area contributed by atoms with E-state index in [2.05, 4.69) is 75.0 Å². The van der Waals surface area contributed by atoms with Crippen LogP contribution in [0.15, 0.2) is 71.6 Å². The smallest absolute Gasteiger partial charge is 0.407 e. The topological polar surface area (TPSA) is 175 Å². The van der Waals surface area contributed by atoms with E-state index in [1.165, 1.54) is 25.2 Å². The van der Waals surface area contributed by atoms with Gasteiger partial charge in [-0.3, -0.25) is 9.59 Å². The second kappa shape index (κ2) is 16.2. The molecular weight excluding hydrogens is 817 g/mol. The Kier molecular flexibility index (Phi) is 10.8. The van der Waals surface area contributed by atoms with Crippen LogP contribution in [0.5, 0.6) is 0 Å². The van der Waals surface area contributed by atoms with Crippen molar-refractivity contribution in [2.75, 3.05) is 27.3 Å². The Morgan fingerprint density at radius 2 is 1.44 bits per heavy atom. The Balaban J connectivity index is 0.978. The number of benzene rings is 2. The number of hydrogen-bond donors (Lipinski definition) is 4. The maximum absolute atomic E-state index is 14.2. The van der Waals surface area contributed by atoms with Gasteiger partial charge in [-0.25, -0.2) is 19.6 Å². The molecule has 10 rings (SSSR count). The molecule has 0 spiro atoms. The van der Waals surface area contributed by atoms with Gasteiger partial charge in [-0.15, -0.1) is 17.1 Å². The van der Waals surface area contributed by atoms with Crippen molar-refractivity contribution < 1.29 is 28.7 Å². The molecule has 6 heterocycles. The van der Waals surface area contributed by atoms with Crippen LogP contribution in [0.2, 0.25) is 0 Å². The molecule has 5 aromatic rings. The molecule has 14 nitrogen and oxygen atoms in total. The number of nitrogens with one attached hydrogen (secondary N) is 4. The molecule has 15 heteroatoms. The molecule has 5 aliphatic rings. The van der Waals surface area contributed by atoms with Crippen molar-refractivity contribution >= 4 is 45.4 Å². The first kappa shape index (κ1) is 42.1. The quantitative estimate of drug-likeness (QED) is 0.0962. The van der Waals surface area contributed by atoms with Crippen molar-refractivity contribution in [1.29, 1.82) is 0 Å². The fourth-order valence-electron chi connectivity index (χ4n) is 10.3. The molecule has 4 bridgehead atoms. The molecule has 3 aromatic heterocycles. The summed E-state index contributed by atoms with van der Waals surface area (Å²) in [5.74, 6) is 1.26. The number of fused-ring (bicyclic) bond motifs is 5. The predicted molar refractivity (Wildman–Crippen MR) is 240 cm³/mol. The van der Waals surface area contributed by atoms with Crippen LogP contribution >= 0.6 is 11.3 Å². The Bertz CT molecular complexity index is 2690. The van der Waals surface area contributed by atoms with E-state index in [-0.39, 0.29) is 23.7 Å². The molecule has 5 atom stereocenters. The number of methoxy groups -OCH3 is 2. The van der Waals surface area contributed by atoms with E-state index in [9.17, 15) is 19.2 Å². The number of hydrogen-bond acceptors (Lipinski definition) is 9. The number of carbonyl (C=O) groups excluding carboxylic acids is 4. The summed E-state index contributed by atoms with van der Waals surface area (Å²) in [6.45, 7) is 10.9. The van der Waals surface area contributed by atoms with Gasteiger partial charge in [0.05, 0.1) is 44.5 Å². The molecule has 2 aliphatic carbocycles. The number of nitrogens with zero attached hydrogens (tertiary/aromatic N) is 4. The van der Waals surface area contributed by atoms with Crippen molar-refractivity contribution in [3.05, 3.63) is 88.8 Å². The summed E-state index contributed by atoms with van der Waals surface area (Å²) in [6.07, 6.45) is 8.54. The van der Waals surface area contributed by atoms with Crippen molar-refractivity contribution in [3.8, 4) is 33.6 Å². The number of rotatable bonds is 11. The lowest BCUT2D eigenvalue weighted by atomic mass is 9.79. The summed E-state index contributed by atoms with van der Waals surface area (Å²) in [5, 5.41) is 8.87. The lowest BCUT2D eigenvalue weighted by Gasteiger charge is -2.47. The molecule has 328 valence electrons. The van der Waals surface area contributed by atoms with Crippen LogP contribution in [0.25, 0.3) is 43.7 Å². The summed E-state index contributed by atoms with van der Waals surface area (Å²) in [4.78, 5) is 73.5. The molecule has 63 heavy (non-hydrogen) atoms. The number of aromatic nitrogens is 4. The fraction of sp³-hybridized carbons (Fsp3) is 0.438. The molecule has 3 aliphatic heterocycles. The van der Waals surface area contributed by atoms with Crippen molar-refractivity contribution in [2.45, 2.75) is 89.9 Å². The van der Waals surface area contributed by atoms with Crippen LogP contribution in [0.1, 0.15) is 77.0 Å². The number of thiophene rings is 1. The maximum Gasteiger partial charge on any atom is 0.407 e. The van der Waals surface area contributed by atoms with Crippen LogP contribution in [-0.4, -0.2) is 93.1 Å². The minimum Gasteiger partial charge on any atom is -0.453 e. The minimum atomic E-state index is -0.837. The van der Waals surface area contributed by atoms with E-state index < -0.39 is 35.3 Å². The Labute approximate surface area is 370 Å². The predicted octanol–water partition coefficient (Wildman–Crippen LogP) is 8.17. The van der Waals surface area contributed by atoms with Crippen LogP contribution < -0.4 is 10.6 Å². The summed E-state index contributed by atoms with van der Waals surface area (Å²) in [5.41, 5.74) is 10.2. The number of alkyl carbamates (subject to hydrolysis) is 2. The van der Waals surface area contributed by atoms with Crippen molar-refractivity contribution in [3.63, 3.8) is 0 Å². The Hall–Kier alpha value is -6.18. The van der Waals surface area contributed by atoms with Gasteiger partial charge >= 0.3 is 12.2 Å². The molecular formula is C48H54N8O6S. The van der Waals surface area contributed by atoms with E-state index in [0.717, 1.165) is 75.4 Å². The second-order valence-electron chi connectivity index (χ2n) is 18.2. The van der Waals surface area contributed by atoms with Gasteiger partial charge in [0.1, 0.15) is 34.8 Å². The molecule has 4 N–H and O–H groups in total. The Morgan fingerprint density at radius 3 is 2.08 bits per heavy atom. The van der Waals surface area contributed by atoms with Gasteiger partial charge in [0, 0.05) is 22.2 Å². The standard InChI is InChI=1S/C48H54N8O6S/c1-26(2)38(53-45(59)61-6)41(57)55-23-29-14-17-47(55,18-15-29)43-50-22-36(52-43)34-13-12-33(37-28(5)25-63-40(34)37)31-8-10-32(11-9-31)35-21-49-44(51-35)48-19-16-30(20-48)24-56(48)42(58)39(27(3)4)54-46(60)62-7/h8-13,18,21-22,25-27,30,38-39H,14,16-17,19-20,23-24H2,1-7H3,(H,49,51)(H,50,52)(H,53,59)(H,54,60)/t30?,38-,39-,47-,48-/m0/s1. The summed E-state index contributed by atoms with van der Waals surface area (Å²) >= 11 is 1.70. The monoisotopic (exact) mass is 870 g/mol. The Morgan fingerprint density at radius 1 is 0.825 bits per heavy atom. The maximum atomic E-state index is 14.2. The van der Waals surface area contributed by atoms with Crippen LogP contribution in [0.4, 0.5) is 9.59 Å². The molecule has 2 aromatic carbocycles.